The predicted molar refractivity (Wildman–Crippen MR) is 83.0 cm³/mol. The van der Waals surface area contributed by atoms with Crippen LogP contribution in [-0.2, 0) is 15.8 Å². The zero-order valence-corrected chi connectivity index (χ0v) is 13.1. The first-order valence-corrected chi connectivity index (χ1v) is 7.03. The van der Waals surface area contributed by atoms with Crippen molar-refractivity contribution in [1.82, 2.24) is 4.98 Å². The van der Waals surface area contributed by atoms with E-state index in [4.69, 9.17) is 23.2 Å². The molecular formula is C14H8Cl2F3N3O2. The van der Waals surface area contributed by atoms with E-state index in [2.05, 4.69) is 10.3 Å². The van der Waals surface area contributed by atoms with Crippen molar-refractivity contribution in [2.24, 2.45) is 0 Å². The first kappa shape index (κ1) is 18.0. The molecule has 0 radical (unpaired) electrons. The fourth-order valence-corrected chi connectivity index (χ4v) is 2.04. The molecule has 1 aromatic carbocycles. The summed E-state index contributed by atoms with van der Waals surface area (Å²) >= 11 is 11.2. The highest BCUT2D eigenvalue weighted by molar-refractivity contribution is 6.44. The molecule has 24 heavy (non-hydrogen) atoms. The lowest BCUT2D eigenvalue weighted by atomic mass is 10.1. The molecule has 126 valence electrons. The van der Waals surface area contributed by atoms with Gasteiger partial charge in [-0.2, -0.15) is 13.2 Å². The van der Waals surface area contributed by atoms with Crippen LogP contribution in [0.5, 0.6) is 0 Å². The molecule has 0 aliphatic rings. The normalized spacial score (nSPS) is 11.0. The van der Waals surface area contributed by atoms with Crippen molar-refractivity contribution in [2.45, 2.75) is 6.18 Å². The van der Waals surface area contributed by atoms with Gasteiger partial charge >= 0.3 is 18.0 Å². The minimum atomic E-state index is -4.75. The van der Waals surface area contributed by atoms with Gasteiger partial charge in [-0.05, 0) is 30.3 Å². The van der Waals surface area contributed by atoms with E-state index in [-0.39, 0.29) is 15.9 Å². The van der Waals surface area contributed by atoms with Crippen molar-refractivity contribution in [3.05, 3.63) is 52.3 Å². The van der Waals surface area contributed by atoms with Gasteiger partial charge in [0.1, 0.15) is 0 Å². The second kappa shape index (κ2) is 7.06. The van der Waals surface area contributed by atoms with E-state index in [1.165, 1.54) is 18.3 Å². The Balaban J connectivity index is 2.18. The van der Waals surface area contributed by atoms with Crippen LogP contribution in [0.2, 0.25) is 10.2 Å². The van der Waals surface area contributed by atoms with Gasteiger partial charge in [-0.15, -0.1) is 0 Å². The molecule has 1 aromatic heterocycles. The molecular weight excluding hydrogens is 370 g/mol. The minimum Gasteiger partial charge on any atom is -0.317 e. The number of nitrogens with zero attached hydrogens (tertiary/aromatic N) is 1. The van der Waals surface area contributed by atoms with E-state index in [1.54, 1.807) is 0 Å². The molecule has 0 spiro atoms. The van der Waals surface area contributed by atoms with Crippen molar-refractivity contribution in [3.63, 3.8) is 0 Å². The molecule has 0 saturated carbocycles. The fourth-order valence-electron chi connectivity index (χ4n) is 1.70. The molecule has 2 aromatic rings. The van der Waals surface area contributed by atoms with E-state index in [0.717, 1.165) is 12.1 Å². The van der Waals surface area contributed by atoms with Crippen LogP contribution in [0.25, 0.3) is 0 Å². The molecule has 0 saturated heterocycles. The highest BCUT2D eigenvalue weighted by Gasteiger charge is 2.34. The summed E-state index contributed by atoms with van der Waals surface area (Å²) in [5, 5.41) is 3.81. The summed E-state index contributed by atoms with van der Waals surface area (Å²) in [6.07, 6.45) is -3.39. The number of hydrogen-bond acceptors (Lipinski definition) is 3. The number of amides is 2. The first-order valence-electron chi connectivity index (χ1n) is 6.28. The Bertz CT molecular complexity index is 797. The standard InChI is InChI=1S/C14H8Cl2F3N3O2/c15-7-3-4-9(8(6-7)14(17,18)19)21-12(23)13(24)22-10-2-1-5-20-11(10)16/h1-6H,(H,21,23)(H,22,24). The third kappa shape index (κ3) is 4.36. The number of anilines is 2. The van der Waals surface area contributed by atoms with Crippen molar-refractivity contribution >= 4 is 46.4 Å². The summed E-state index contributed by atoms with van der Waals surface area (Å²) in [5.74, 6) is -2.50. The van der Waals surface area contributed by atoms with Crippen LogP contribution < -0.4 is 10.6 Å². The van der Waals surface area contributed by atoms with E-state index < -0.39 is 29.2 Å². The maximum atomic E-state index is 12.9. The van der Waals surface area contributed by atoms with Gasteiger partial charge in [0.15, 0.2) is 5.15 Å². The maximum Gasteiger partial charge on any atom is 0.418 e. The van der Waals surface area contributed by atoms with E-state index in [9.17, 15) is 22.8 Å². The molecule has 2 rings (SSSR count). The summed E-state index contributed by atoms with van der Waals surface area (Å²) in [5.41, 5.74) is -1.72. The molecule has 0 bridgehead atoms. The number of carbonyl (C=O) groups excluding carboxylic acids is 2. The quantitative estimate of drug-likeness (QED) is 0.614. The third-order valence-corrected chi connectivity index (χ3v) is 3.29. The number of alkyl halides is 3. The van der Waals surface area contributed by atoms with Gasteiger partial charge in [0.25, 0.3) is 0 Å². The van der Waals surface area contributed by atoms with Gasteiger partial charge in [0.05, 0.1) is 16.9 Å². The SMILES string of the molecule is O=C(Nc1ccc(Cl)cc1C(F)(F)F)C(=O)Nc1cccnc1Cl. The summed E-state index contributed by atoms with van der Waals surface area (Å²) in [7, 11) is 0. The maximum absolute atomic E-state index is 12.9. The second-order valence-corrected chi connectivity index (χ2v) is 5.23. The van der Waals surface area contributed by atoms with E-state index >= 15 is 0 Å². The number of nitrogens with one attached hydrogen (secondary N) is 2. The molecule has 0 aliphatic heterocycles. The van der Waals surface area contributed by atoms with Crippen molar-refractivity contribution < 1.29 is 22.8 Å². The lowest BCUT2D eigenvalue weighted by Gasteiger charge is -2.14. The van der Waals surface area contributed by atoms with Crippen molar-refractivity contribution in [1.29, 1.82) is 0 Å². The van der Waals surface area contributed by atoms with Gasteiger partial charge in [-0.1, -0.05) is 23.2 Å². The zero-order valence-electron chi connectivity index (χ0n) is 11.6. The number of pyridine rings is 1. The Labute approximate surface area is 143 Å². The number of benzene rings is 1. The van der Waals surface area contributed by atoms with Crippen molar-refractivity contribution in [3.8, 4) is 0 Å². The lowest BCUT2D eigenvalue weighted by molar-refractivity contribution is -0.137. The van der Waals surface area contributed by atoms with Crippen molar-refractivity contribution in [2.75, 3.05) is 10.6 Å². The highest BCUT2D eigenvalue weighted by Crippen LogP contribution is 2.36. The van der Waals surface area contributed by atoms with Crippen LogP contribution in [0.3, 0.4) is 0 Å². The Morgan fingerprint density at radius 2 is 1.62 bits per heavy atom. The second-order valence-electron chi connectivity index (χ2n) is 4.44. The Morgan fingerprint density at radius 3 is 2.21 bits per heavy atom. The van der Waals surface area contributed by atoms with Crippen LogP contribution in [0.4, 0.5) is 24.5 Å². The molecule has 2 amide bonds. The van der Waals surface area contributed by atoms with Crippen LogP contribution >= 0.6 is 23.2 Å². The number of hydrogen-bond donors (Lipinski definition) is 2. The molecule has 2 N–H and O–H groups in total. The molecule has 5 nitrogen and oxygen atoms in total. The van der Waals surface area contributed by atoms with Crippen LogP contribution in [0, 0.1) is 0 Å². The van der Waals surface area contributed by atoms with E-state index in [1.807, 2.05) is 5.32 Å². The summed E-state index contributed by atoms with van der Waals surface area (Å²) in [4.78, 5) is 27.3. The predicted octanol–water partition coefficient (Wildman–Crippen LogP) is 3.98. The average Bonchev–Trinajstić information content (AvgIpc) is 2.50. The lowest BCUT2D eigenvalue weighted by Crippen LogP contribution is -2.30. The topological polar surface area (TPSA) is 71.1 Å². The Morgan fingerprint density at radius 1 is 1.00 bits per heavy atom. The molecule has 10 heteroatoms. The first-order chi connectivity index (χ1) is 11.2. The van der Waals surface area contributed by atoms with Crippen LogP contribution in [-0.4, -0.2) is 16.8 Å². The highest BCUT2D eigenvalue weighted by atomic mass is 35.5. The number of aromatic nitrogens is 1. The molecule has 0 aliphatic carbocycles. The number of halogens is 5. The Kier molecular flexibility index (Phi) is 5.30. The van der Waals surface area contributed by atoms with Gasteiger partial charge in [-0.3, -0.25) is 9.59 Å². The summed E-state index contributed by atoms with van der Waals surface area (Å²) < 4.78 is 38.8. The van der Waals surface area contributed by atoms with Gasteiger partial charge < -0.3 is 10.6 Å². The van der Waals surface area contributed by atoms with Gasteiger partial charge in [0.2, 0.25) is 0 Å². The van der Waals surface area contributed by atoms with Gasteiger partial charge in [0, 0.05) is 11.2 Å². The van der Waals surface area contributed by atoms with Crippen LogP contribution in [0.1, 0.15) is 5.56 Å². The third-order valence-electron chi connectivity index (χ3n) is 2.75. The zero-order chi connectivity index (χ0) is 17.9. The number of rotatable bonds is 2. The Hall–Kier alpha value is -2.32. The summed E-state index contributed by atoms with van der Waals surface area (Å²) in [6.45, 7) is 0. The fraction of sp³-hybridized carbons (Fsp3) is 0.0714. The van der Waals surface area contributed by atoms with Crippen LogP contribution in [0.15, 0.2) is 36.5 Å². The molecule has 0 unspecified atom stereocenters. The molecule has 0 fully saturated rings. The minimum absolute atomic E-state index is 0.0477. The molecule has 0 atom stereocenters. The van der Waals surface area contributed by atoms with Gasteiger partial charge in [-0.25, -0.2) is 4.98 Å². The molecule has 1 heterocycles. The monoisotopic (exact) mass is 377 g/mol. The summed E-state index contributed by atoms with van der Waals surface area (Å²) in [6, 6.07) is 5.59. The van der Waals surface area contributed by atoms with E-state index in [0.29, 0.717) is 6.07 Å². The largest absolute Gasteiger partial charge is 0.418 e. The smallest absolute Gasteiger partial charge is 0.317 e. The average molecular weight is 378 g/mol. The number of carbonyl (C=O) groups is 2.